The van der Waals surface area contributed by atoms with Gasteiger partial charge >= 0.3 is 0 Å². The van der Waals surface area contributed by atoms with E-state index in [0.29, 0.717) is 0 Å². The molecule has 2 atom stereocenters. The van der Waals surface area contributed by atoms with Crippen LogP contribution in [0.2, 0.25) is 0 Å². The lowest BCUT2D eigenvalue weighted by Crippen LogP contribution is -2.29. The second-order valence-electron chi connectivity index (χ2n) is 4.82. The number of hydrogen-bond acceptors (Lipinski definition) is 4. The summed E-state index contributed by atoms with van der Waals surface area (Å²) in [5, 5.41) is 4.27. The molecule has 1 saturated carbocycles. The molecule has 17 heavy (non-hydrogen) atoms. The van der Waals surface area contributed by atoms with Crippen molar-refractivity contribution in [2.45, 2.75) is 50.9 Å². The van der Waals surface area contributed by atoms with Crippen molar-refractivity contribution in [1.29, 1.82) is 0 Å². The predicted molar refractivity (Wildman–Crippen MR) is 77.9 cm³/mol. The molecule has 2 nitrogen and oxygen atoms in total. The molecule has 0 aliphatic heterocycles. The Bertz CT molecular complexity index is 351. The molecule has 0 saturated heterocycles. The average molecular weight is 270 g/mol. The highest BCUT2D eigenvalue weighted by atomic mass is 32.2. The van der Waals surface area contributed by atoms with Crippen molar-refractivity contribution >= 4 is 23.1 Å². The van der Waals surface area contributed by atoms with Crippen LogP contribution in [0.1, 0.15) is 36.9 Å². The van der Waals surface area contributed by atoms with E-state index in [4.69, 9.17) is 0 Å². The fraction of sp³-hybridized carbons (Fsp3) is 0.769. The van der Waals surface area contributed by atoms with Gasteiger partial charge in [-0.05, 0) is 39.0 Å². The molecule has 0 amide bonds. The Balaban J connectivity index is 1.82. The maximum absolute atomic E-state index is 4.55. The number of hydrogen-bond donors (Lipinski definition) is 0. The molecule has 96 valence electrons. The minimum atomic E-state index is 0.765. The number of thiazole rings is 1. The fourth-order valence-corrected chi connectivity index (χ4v) is 4.31. The molecule has 0 radical (unpaired) electrons. The first-order valence-corrected chi connectivity index (χ1v) is 8.34. The fourth-order valence-electron chi connectivity index (χ4n) is 2.57. The van der Waals surface area contributed by atoms with E-state index in [1.165, 1.54) is 35.7 Å². The summed E-state index contributed by atoms with van der Waals surface area (Å²) in [7, 11) is 2.25. The molecule has 1 aliphatic carbocycles. The molecule has 0 N–H and O–H groups in total. The van der Waals surface area contributed by atoms with Crippen LogP contribution >= 0.6 is 23.1 Å². The Kier molecular flexibility index (Phi) is 4.88. The lowest BCUT2D eigenvalue weighted by atomic mass is 10.2. The number of aryl methyl sites for hydroxylation is 1. The van der Waals surface area contributed by atoms with Gasteiger partial charge in [0, 0.05) is 23.2 Å². The van der Waals surface area contributed by atoms with Gasteiger partial charge in [0.1, 0.15) is 0 Å². The maximum atomic E-state index is 4.55. The van der Waals surface area contributed by atoms with E-state index in [-0.39, 0.29) is 0 Å². The number of rotatable bonds is 5. The molecule has 2 unspecified atom stereocenters. The van der Waals surface area contributed by atoms with Crippen molar-refractivity contribution in [3.8, 4) is 0 Å². The molecule has 1 heterocycles. The Labute approximate surface area is 113 Å². The second kappa shape index (κ2) is 6.21. The van der Waals surface area contributed by atoms with Gasteiger partial charge < -0.3 is 0 Å². The first-order chi connectivity index (χ1) is 8.19. The third-order valence-electron chi connectivity index (χ3n) is 3.46. The van der Waals surface area contributed by atoms with E-state index in [1.807, 2.05) is 0 Å². The third kappa shape index (κ3) is 3.70. The Morgan fingerprint density at radius 1 is 1.53 bits per heavy atom. The van der Waals surface area contributed by atoms with Gasteiger partial charge in [0.15, 0.2) is 0 Å². The molecular weight excluding hydrogens is 248 g/mol. The minimum Gasteiger partial charge on any atom is -0.298 e. The zero-order chi connectivity index (χ0) is 12.3. The van der Waals surface area contributed by atoms with Gasteiger partial charge in [0.25, 0.3) is 0 Å². The Morgan fingerprint density at radius 3 is 3.00 bits per heavy atom. The van der Waals surface area contributed by atoms with Crippen molar-refractivity contribution in [1.82, 2.24) is 9.88 Å². The molecule has 4 heteroatoms. The van der Waals surface area contributed by atoms with Crippen molar-refractivity contribution < 1.29 is 0 Å². The molecular formula is C13H22N2S2. The highest BCUT2D eigenvalue weighted by Crippen LogP contribution is 2.32. The summed E-state index contributed by atoms with van der Waals surface area (Å²) < 4.78 is 0. The van der Waals surface area contributed by atoms with Crippen LogP contribution in [0.3, 0.4) is 0 Å². The summed E-state index contributed by atoms with van der Waals surface area (Å²) in [5.74, 6) is 1.26. The van der Waals surface area contributed by atoms with E-state index in [1.54, 1.807) is 11.3 Å². The lowest BCUT2D eigenvalue weighted by molar-refractivity contribution is 0.235. The van der Waals surface area contributed by atoms with E-state index in [9.17, 15) is 0 Å². The molecule has 1 fully saturated rings. The molecule has 1 aromatic rings. The van der Waals surface area contributed by atoms with Gasteiger partial charge in [-0.15, -0.1) is 11.3 Å². The number of aromatic nitrogens is 1. The van der Waals surface area contributed by atoms with E-state index < -0.39 is 0 Å². The van der Waals surface area contributed by atoms with Gasteiger partial charge in [-0.25, -0.2) is 4.98 Å². The zero-order valence-electron chi connectivity index (χ0n) is 11.0. The first kappa shape index (κ1) is 13.4. The molecule has 0 bridgehead atoms. The van der Waals surface area contributed by atoms with Crippen molar-refractivity contribution in [3.05, 3.63) is 16.1 Å². The van der Waals surface area contributed by atoms with Gasteiger partial charge in [-0.2, -0.15) is 11.8 Å². The standard InChI is InChI=1S/C13H22N2S2/c1-4-16-13-6-5-12(7-13)15(3)8-11-9-17-10(2)14-11/h9,12-13H,4-8H2,1-3H3. The van der Waals surface area contributed by atoms with Crippen molar-refractivity contribution in [2.24, 2.45) is 0 Å². The van der Waals surface area contributed by atoms with Gasteiger partial charge in [-0.1, -0.05) is 6.92 Å². The molecule has 1 aromatic heterocycles. The Hall–Kier alpha value is -0.0600. The van der Waals surface area contributed by atoms with E-state index in [2.05, 4.69) is 47.9 Å². The average Bonchev–Trinajstić information content (AvgIpc) is 2.88. The lowest BCUT2D eigenvalue weighted by Gasteiger charge is -2.23. The van der Waals surface area contributed by atoms with Crippen molar-refractivity contribution in [2.75, 3.05) is 12.8 Å². The van der Waals surface area contributed by atoms with Crippen LogP contribution < -0.4 is 0 Å². The summed E-state index contributed by atoms with van der Waals surface area (Å²) >= 11 is 3.89. The number of thioether (sulfide) groups is 1. The monoisotopic (exact) mass is 270 g/mol. The van der Waals surface area contributed by atoms with Crippen LogP contribution in [-0.2, 0) is 6.54 Å². The first-order valence-electron chi connectivity index (χ1n) is 6.42. The van der Waals surface area contributed by atoms with E-state index >= 15 is 0 Å². The van der Waals surface area contributed by atoms with Crippen LogP contribution in [0.5, 0.6) is 0 Å². The van der Waals surface area contributed by atoms with Crippen LogP contribution in [0.15, 0.2) is 5.38 Å². The highest BCUT2D eigenvalue weighted by molar-refractivity contribution is 7.99. The molecule has 0 aromatic carbocycles. The summed E-state index contributed by atoms with van der Waals surface area (Å²) in [6.07, 6.45) is 4.11. The summed E-state index contributed by atoms with van der Waals surface area (Å²) in [5.41, 5.74) is 1.24. The molecule has 2 rings (SSSR count). The smallest absolute Gasteiger partial charge is 0.0897 e. The van der Waals surface area contributed by atoms with Crippen LogP contribution in [0, 0.1) is 6.92 Å². The predicted octanol–water partition coefficient (Wildman–Crippen LogP) is 3.56. The largest absolute Gasteiger partial charge is 0.298 e. The normalized spacial score (nSPS) is 24.7. The van der Waals surface area contributed by atoms with Crippen LogP contribution in [0.4, 0.5) is 0 Å². The van der Waals surface area contributed by atoms with Gasteiger partial charge in [0.2, 0.25) is 0 Å². The summed E-state index contributed by atoms with van der Waals surface area (Å²) in [6, 6.07) is 0.765. The Morgan fingerprint density at radius 2 is 2.35 bits per heavy atom. The zero-order valence-corrected chi connectivity index (χ0v) is 12.6. The van der Waals surface area contributed by atoms with E-state index in [0.717, 1.165) is 17.8 Å². The van der Waals surface area contributed by atoms with Crippen molar-refractivity contribution in [3.63, 3.8) is 0 Å². The molecule has 1 aliphatic rings. The van der Waals surface area contributed by atoms with Gasteiger partial charge in [0.05, 0.1) is 10.7 Å². The second-order valence-corrected chi connectivity index (χ2v) is 7.46. The third-order valence-corrected chi connectivity index (χ3v) is 5.52. The highest BCUT2D eigenvalue weighted by Gasteiger charge is 2.27. The topological polar surface area (TPSA) is 16.1 Å². The minimum absolute atomic E-state index is 0.765. The molecule has 0 spiro atoms. The summed E-state index contributed by atoms with van der Waals surface area (Å²) in [6.45, 7) is 5.36. The number of nitrogens with zero attached hydrogens (tertiary/aromatic N) is 2. The summed E-state index contributed by atoms with van der Waals surface area (Å²) in [4.78, 5) is 7.04. The van der Waals surface area contributed by atoms with Crippen LogP contribution in [0.25, 0.3) is 0 Å². The quantitative estimate of drug-likeness (QED) is 0.814. The SMILES string of the molecule is CCSC1CCC(N(C)Cc2csc(C)n2)C1. The maximum Gasteiger partial charge on any atom is 0.0897 e. The van der Waals surface area contributed by atoms with Crippen LogP contribution in [-0.4, -0.2) is 34.0 Å². The van der Waals surface area contributed by atoms with Gasteiger partial charge in [-0.3, -0.25) is 4.90 Å².